The molecule has 8 heteroatoms. The predicted molar refractivity (Wildman–Crippen MR) is 101 cm³/mol. The summed E-state index contributed by atoms with van der Waals surface area (Å²) in [5.74, 6) is -0.981. The highest BCUT2D eigenvalue weighted by Crippen LogP contribution is 2.22. The van der Waals surface area contributed by atoms with Gasteiger partial charge in [0.1, 0.15) is 0 Å². The molecule has 2 aromatic rings. The van der Waals surface area contributed by atoms with Gasteiger partial charge in [-0.05, 0) is 24.6 Å². The lowest BCUT2D eigenvalue weighted by Crippen LogP contribution is -2.37. The van der Waals surface area contributed by atoms with Crippen LogP contribution < -0.4 is 10.9 Å². The van der Waals surface area contributed by atoms with Crippen LogP contribution in [0.2, 0.25) is 0 Å². The van der Waals surface area contributed by atoms with Gasteiger partial charge in [-0.3, -0.25) is 24.1 Å². The Bertz CT molecular complexity index is 918. The van der Waals surface area contributed by atoms with Gasteiger partial charge < -0.3 is 15.0 Å². The van der Waals surface area contributed by atoms with Crippen molar-refractivity contribution in [1.82, 2.24) is 14.8 Å². The molecule has 8 nitrogen and oxygen atoms in total. The van der Waals surface area contributed by atoms with Crippen molar-refractivity contribution < 1.29 is 19.5 Å². The van der Waals surface area contributed by atoms with E-state index in [1.165, 1.54) is 10.6 Å². The van der Waals surface area contributed by atoms with Gasteiger partial charge in [-0.15, -0.1) is 0 Å². The highest BCUT2D eigenvalue weighted by atomic mass is 16.3. The number of aromatic nitrogens is 1. The van der Waals surface area contributed by atoms with Crippen LogP contribution in [0, 0.1) is 0 Å². The monoisotopic (exact) mass is 383 g/mol. The summed E-state index contributed by atoms with van der Waals surface area (Å²) in [6.45, 7) is 0.240. The molecule has 2 N–H and O–H groups in total. The number of rotatable bonds is 8. The topological polar surface area (TPSA) is 109 Å². The minimum Gasteiger partial charge on any atom is -0.389 e. The Balaban J connectivity index is 1.41. The molecule has 28 heavy (non-hydrogen) atoms. The molecule has 1 aromatic heterocycles. The maximum atomic E-state index is 12.2. The SMILES string of the molecule is O=C(CCCN1C(=O)c2ccccc2C1=O)NCC(O)Cn1ccccc1=O. The molecule has 3 amide bonds. The summed E-state index contributed by atoms with van der Waals surface area (Å²) >= 11 is 0. The smallest absolute Gasteiger partial charge is 0.261 e. The number of fused-ring (bicyclic) bond motifs is 1. The molecule has 0 aliphatic carbocycles. The van der Waals surface area contributed by atoms with E-state index >= 15 is 0 Å². The van der Waals surface area contributed by atoms with Crippen LogP contribution in [0.1, 0.15) is 33.6 Å². The van der Waals surface area contributed by atoms with Crippen LogP contribution in [0.15, 0.2) is 53.5 Å². The van der Waals surface area contributed by atoms with Gasteiger partial charge in [0.15, 0.2) is 0 Å². The number of benzene rings is 1. The molecule has 0 fully saturated rings. The number of aliphatic hydroxyl groups excluding tert-OH is 1. The predicted octanol–water partition coefficient (Wildman–Crippen LogP) is 0.402. The quantitative estimate of drug-likeness (QED) is 0.642. The molecule has 2 heterocycles. The summed E-state index contributed by atoms with van der Waals surface area (Å²) in [4.78, 5) is 49.2. The Kier molecular flexibility index (Phi) is 6.00. The van der Waals surface area contributed by atoms with Crippen LogP contribution in [-0.2, 0) is 11.3 Å². The minimum atomic E-state index is -0.903. The molecule has 1 atom stereocenters. The highest BCUT2D eigenvalue weighted by molar-refractivity contribution is 6.21. The van der Waals surface area contributed by atoms with Crippen LogP contribution in [0.4, 0.5) is 0 Å². The maximum absolute atomic E-state index is 12.2. The first-order chi connectivity index (χ1) is 13.5. The first kappa shape index (κ1) is 19.5. The fourth-order valence-corrected chi connectivity index (χ4v) is 3.06. The van der Waals surface area contributed by atoms with Crippen LogP contribution in [0.5, 0.6) is 0 Å². The number of aliphatic hydroxyl groups is 1. The first-order valence-electron chi connectivity index (χ1n) is 9.03. The second-order valence-corrected chi connectivity index (χ2v) is 6.56. The third-order valence-electron chi connectivity index (χ3n) is 4.51. The average Bonchev–Trinajstić information content (AvgIpc) is 2.93. The van der Waals surface area contributed by atoms with Gasteiger partial charge in [0.05, 0.1) is 23.8 Å². The Hall–Kier alpha value is -3.26. The number of carbonyl (C=O) groups is 3. The first-order valence-corrected chi connectivity index (χ1v) is 9.03. The Morgan fingerprint density at radius 1 is 1.00 bits per heavy atom. The molecule has 146 valence electrons. The van der Waals surface area contributed by atoms with Crippen molar-refractivity contribution in [2.45, 2.75) is 25.5 Å². The average molecular weight is 383 g/mol. The Morgan fingerprint density at radius 2 is 1.64 bits per heavy atom. The second kappa shape index (κ2) is 8.62. The third-order valence-corrected chi connectivity index (χ3v) is 4.51. The van der Waals surface area contributed by atoms with E-state index in [0.29, 0.717) is 17.5 Å². The van der Waals surface area contributed by atoms with Crippen LogP contribution >= 0.6 is 0 Å². The number of nitrogens with zero attached hydrogens (tertiary/aromatic N) is 2. The van der Waals surface area contributed by atoms with E-state index in [1.807, 2.05) is 0 Å². The van der Waals surface area contributed by atoms with Crippen molar-refractivity contribution >= 4 is 17.7 Å². The molecule has 1 unspecified atom stereocenters. The normalized spacial score (nSPS) is 14.1. The van der Waals surface area contributed by atoms with E-state index in [4.69, 9.17) is 0 Å². The Morgan fingerprint density at radius 3 is 2.29 bits per heavy atom. The van der Waals surface area contributed by atoms with Gasteiger partial charge in [0.2, 0.25) is 5.91 Å². The van der Waals surface area contributed by atoms with Gasteiger partial charge in [0, 0.05) is 31.8 Å². The Labute approximate surface area is 161 Å². The minimum absolute atomic E-state index is 0.00713. The number of pyridine rings is 1. The van der Waals surface area contributed by atoms with E-state index in [9.17, 15) is 24.3 Å². The molecule has 0 saturated heterocycles. The molecule has 0 bridgehead atoms. The lowest BCUT2D eigenvalue weighted by atomic mass is 10.1. The van der Waals surface area contributed by atoms with E-state index < -0.39 is 6.10 Å². The fourth-order valence-electron chi connectivity index (χ4n) is 3.06. The number of nitrogens with one attached hydrogen (secondary N) is 1. The van der Waals surface area contributed by atoms with Crippen molar-refractivity contribution in [3.05, 3.63) is 70.1 Å². The van der Waals surface area contributed by atoms with Crippen LogP contribution in [0.3, 0.4) is 0 Å². The second-order valence-electron chi connectivity index (χ2n) is 6.56. The van der Waals surface area contributed by atoms with Crippen molar-refractivity contribution in [2.24, 2.45) is 0 Å². The van der Waals surface area contributed by atoms with Crippen molar-refractivity contribution in [3.8, 4) is 0 Å². The van der Waals surface area contributed by atoms with Gasteiger partial charge >= 0.3 is 0 Å². The zero-order valence-electron chi connectivity index (χ0n) is 15.2. The number of carbonyl (C=O) groups excluding carboxylic acids is 3. The molecular weight excluding hydrogens is 362 g/mol. The van der Waals surface area contributed by atoms with Gasteiger partial charge in [0.25, 0.3) is 17.4 Å². The molecule has 3 rings (SSSR count). The van der Waals surface area contributed by atoms with Crippen LogP contribution in [-0.4, -0.2) is 51.5 Å². The summed E-state index contributed by atoms with van der Waals surface area (Å²) in [5.41, 5.74) is 0.543. The fraction of sp³-hybridized carbons (Fsp3) is 0.300. The van der Waals surface area contributed by atoms with Crippen LogP contribution in [0.25, 0.3) is 0 Å². The van der Waals surface area contributed by atoms with E-state index in [0.717, 1.165) is 4.90 Å². The zero-order chi connectivity index (χ0) is 20.1. The molecule has 0 spiro atoms. The standard InChI is InChI=1S/C20H21N3O5/c24-14(13-22-10-4-3-9-18(22)26)12-21-17(25)8-5-11-23-19(27)15-6-1-2-7-16(15)20(23)28/h1-4,6-7,9-10,14,24H,5,8,11-13H2,(H,21,25). The highest BCUT2D eigenvalue weighted by Gasteiger charge is 2.34. The molecular formula is C20H21N3O5. The number of hydrogen-bond donors (Lipinski definition) is 2. The molecule has 1 aromatic carbocycles. The van der Waals surface area contributed by atoms with Gasteiger partial charge in [-0.25, -0.2) is 0 Å². The van der Waals surface area contributed by atoms with E-state index in [2.05, 4.69) is 5.32 Å². The summed E-state index contributed by atoms with van der Waals surface area (Å²) in [5, 5.41) is 12.6. The van der Waals surface area contributed by atoms with Crippen molar-refractivity contribution in [1.29, 1.82) is 0 Å². The zero-order valence-corrected chi connectivity index (χ0v) is 15.2. The summed E-state index contributed by atoms with van der Waals surface area (Å²) in [6.07, 6.45) is 1.10. The van der Waals surface area contributed by atoms with E-state index in [-0.39, 0.29) is 49.3 Å². The molecule has 1 aliphatic heterocycles. The number of hydrogen-bond acceptors (Lipinski definition) is 5. The molecule has 0 radical (unpaired) electrons. The molecule has 0 saturated carbocycles. The number of amides is 3. The maximum Gasteiger partial charge on any atom is 0.261 e. The van der Waals surface area contributed by atoms with Crippen molar-refractivity contribution in [2.75, 3.05) is 13.1 Å². The van der Waals surface area contributed by atoms with Gasteiger partial charge in [-0.1, -0.05) is 18.2 Å². The lowest BCUT2D eigenvalue weighted by molar-refractivity contribution is -0.121. The van der Waals surface area contributed by atoms with Crippen molar-refractivity contribution in [3.63, 3.8) is 0 Å². The van der Waals surface area contributed by atoms with Gasteiger partial charge in [-0.2, -0.15) is 0 Å². The van der Waals surface area contributed by atoms with E-state index in [1.54, 1.807) is 42.6 Å². The third kappa shape index (κ3) is 4.34. The summed E-state index contributed by atoms with van der Waals surface area (Å²) in [6, 6.07) is 11.3. The summed E-state index contributed by atoms with van der Waals surface area (Å²) in [7, 11) is 0. The lowest BCUT2D eigenvalue weighted by Gasteiger charge is -2.15. The summed E-state index contributed by atoms with van der Waals surface area (Å²) < 4.78 is 1.36. The largest absolute Gasteiger partial charge is 0.389 e. The molecule has 1 aliphatic rings. The number of imide groups is 1.